The maximum atomic E-state index is 10.8. The Labute approximate surface area is 133 Å². The van der Waals surface area contributed by atoms with Gasteiger partial charge in [0.25, 0.3) is 0 Å². The third kappa shape index (κ3) is 1.89. The van der Waals surface area contributed by atoms with E-state index in [-0.39, 0.29) is 11.5 Å². The smallest absolute Gasteiger partial charge is 0.115 e. The van der Waals surface area contributed by atoms with Crippen LogP contribution >= 0.6 is 0 Å². The van der Waals surface area contributed by atoms with E-state index in [4.69, 9.17) is 0 Å². The van der Waals surface area contributed by atoms with Crippen LogP contribution in [-0.2, 0) is 6.42 Å². The summed E-state index contributed by atoms with van der Waals surface area (Å²) in [5.41, 5.74) is 2.97. The molecule has 0 aromatic heterocycles. The monoisotopic (exact) mass is 300 g/mol. The highest BCUT2D eigenvalue weighted by molar-refractivity contribution is 5.40. The molecule has 120 valence electrons. The highest BCUT2D eigenvalue weighted by Crippen LogP contribution is 2.62. The van der Waals surface area contributed by atoms with Crippen LogP contribution in [0.5, 0.6) is 5.75 Å². The molecule has 0 spiro atoms. The molecular weight excluding hydrogens is 272 g/mol. The maximum Gasteiger partial charge on any atom is 0.115 e. The van der Waals surface area contributed by atoms with Gasteiger partial charge in [0.1, 0.15) is 5.75 Å². The number of hydrogen-bond acceptors (Lipinski definition) is 2. The molecule has 2 saturated carbocycles. The van der Waals surface area contributed by atoms with Crippen LogP contribution in [0.1, 0.15) is 63.0 Å². The van der Waals surface area contributed by atoms with Gasteiger partial charge in [0.15, 0.2) is 0 Å². The summed E-state index contributed by atoms with van der Waals surface area (Å²) < 4.78 is 0. The predicted octanol–water partition coefficient (Wildman–Crippen LogP) is 4.25. The second-order valence-corrected chi connectivity index (χ2v) is 8.19. The van der Waals surface area contributed by atoms with E-state index < -0.39 is 0 Å². The van der Waals surface area contributed by atoms with Gasteiger partial charge in [-0.2, -0.15) is 0 Å². The number of hydrogen-bond donors (Lipinski definition) is 2. The summed E-state index contributed by atoms with van der Waals surface area (Å²) in [4.78, 5) is 0. The molecule has 3 aliphatic carbocycles. The van der Waals surface area contributed by atoms with E-state index in [1.54, 1.807) is 0 Å². The molecule has 0 amide bonds. The first-order chi connectivity index (χ1) is 10.5. The lowest BCUT2D eigenvalue weighted by molar-refractivity contribution is -0.0329. The fraction of sp³-hybridized carbons (Fsp3) is 0.700. The lowest BCUT2D eigenvalue weighted by atomic mass is 9.55. The van der Waals surface area contributed by atoms with Crippen molar-refractivity contribution in [1.29, 1.82) is 0 Å². The van der Waals surface area contributed by atoms with E-state index in [1.807, 2.05) is 12.1 Å². The Balaban J connectivity index is 1.69. The molecule has 2 N–H and O–H groups in total. The Kier molecular flexibility index (Phi) is 3.30. The molecule has 1 aromatic rings. The van der Waals surface area contributed by atoms with Crippen molar-refractivity contribution in [3.63, 3.8) is 0 Å². The van der Waals surface area contributed by atoms with Gasteiger partial charge in [0, 0.05) is 0 Å². The van der Waals surface area contributed by atoms with Gasteiger partial charge in [-0.3, -0.25) is 0 Å². The van der Waals surface area contributed by atoms with Gasteiger partial charge < -0.3 is 10.2 Å². The first-order valence-corrected chi connectivity index (χ1v) is 9.04. The number of phenols is 1. The summed E-state index contributed by atoms with van der Waals surface area (Å²) in [6, 6.07) is 5.98. The minimum Gasteiger partial charge on any atom is -0.508 e. The van der Waals surface area contributed by atoms with Crippen molar-refractivity contribution in [2.45, 2.75) is 64.4 Å². The SMILES string of the molecule is CCC1C[C@H]2[C@@H]3CCc4cc(O)ccc4[C@H]3CC[C@]2(C)[C@H]1O. The minimum absolute atomic E-state index is 0.107. The van der Waals surface area contributed by atoms with Gasteiger partial charge in [-0.1, -0.05) is 26.3 Å². The summed E-state index contributed by atoms with van der Waals surface area (Å²) in [6.07, 6.45) is 6.87. The first kappa shape index (κ1) is 14.6. The molecule has 0 saturated heterocycles. The van der Waals surface area contributed by atoms with Gasteiger partial charge in [0.2, 0.25) is 0 Å². The van der Waals surface area contributed by atoms with E-state index >= 15 is 0 Å². The molecule has 1 unspecified atom stereocenters. The molecule has 6 atom stereocenters. The highest BCUT2D eigenvalue weighted by atomic mass is 16.3. The number of aryl methyl sites for hydroxylation is 1. The Morgan fingerprint density at radius 2 is 2.09 bits per heavy atom. The number of benzene rings is 1. The molecule has 0 aliphatic heterocycles. The Morgan fingerprint density at radius 1 is 1.27 bits per heavy atom. The van der Waals surface area contributed by atoms with Crippen LogP contribution in [-0.4, -0.2) is 16.3 Å². The Hall–Kier alpha value is -1.02. The zero-order valence-corrected chi connectivity index (χ0v) is 13.8. The zero-order chi connectivity index (χ0) is 15.5. The van der Waals surface area contributed by atoms with E-state index in [1.165, 1.54) is 30.4 Å². The lowest BCUT2D eigenvalue weighted by Crippen LogP contribution is -2.44. The average molecular weight is 300 g/mol. The second kappa shape index (κ2) is 4.99. The zero-order valence-electron chi connectivity index (χ0n) is 13.8. The summed E-state index contributed by atoms with van der Waals surface area (Å²) in [7, 11) is 0. The molecule has 0 bridgehead atoms. The van der Waals surface area contributed by atoms with Crippen LogP contribution in [0.15, 0.2) is 18.2 Å². The van der Waals surface area contributed by atoms with Crippen LogP contribution in [0.25, 0.3) is 0 Å². The number of aliphatic hydroxyl groups is 1. The Morgan fingerprint density at radius 3 is 2.86 bits per heavy atom. The fourth-order valence-electron chi connectivity index (χ4n) is 6.11. The van der Waals surface area contributed by atoms with E-state index in [0.717, 1.165) is 25.2 Å². The Bertz CT molecular complexity index is 581. The van der Waals surface area contributed by atoms with Crippen molar-refractivity contribution in [1.82, 2.24) is 0 Å². The molecular formula is C20H28O2. The molecule has 0 heterocycles. The van der Waals surface area contributed by atoms with Crippen molar-refractivity contribution in [3.8, 4) is 5.75 Å². The van der Waals surface area contributed by atoms with Crippen molar-refractivity contribution in [2.75, 3.05) is 0 Å². The third-order valence-electron chi connectivity index (χ3n) is 7.35. The van der Waals surface area contributed by atoms with Crippen LogP contribution in [0.3, 0.4) is 0 Å². The fourth-order valence-corrected chi connectivity index (χ4v) is 6.11. The number of fused-ring (bicyclic) bond motifs is 5. The highest BCUT2D eigenvalue weighted by Gasteiger charge is 2.57. The van der Waals surface area contributed by atoms with Crippen LogP contribution in [0, 0.1) is 23.2 Å². The number of aliphatic hydroxyl groups excluding tert-OH is 1. The summed E-state index contributed by atoms with van der Waals surface area (Å²) in [6.45, 7) is 4.57. The van der Waals surface area contributed by atoms with Gasteiger partial charge in [-0.25, -0.2) is 0 Å². The van der Waals surface area contributed by atoms with Gasteiger partial charge in [-0.15, -0.1) is 0 Å². The standard InChI is InChI=1S/C20H28O2/c1-3-12-11-18-17-6-4-13-10-14(21)5-7-15(13)16(17)8-9-20(18,2)19(12)22/h5,7,10,12,16-19,21-22H,3-4,6,8-9,11H2,1-2H3/t12?,16-,17-,18+,19+,20+/m1/s1. The summed E-state index contributed by atoms with van der Waals surface area (Å²) >= 11 is 0. The normalized spacial score (nSPS) is 43.3. The molecule has 0 radical (unpaired) electrons. The topological polar surface area (TPSA) is 40.5 Å². The maximum absolute atomic E-state index is 10.8. The molecule has 2 fully saturated rings. The van der Waals surface area contributed by atoms with Gasteiger partial charge in [0.05, 0.1) is 6.10 Å². The molecule has 22 heavy (non-hydrogen) atoms. The van der Waals surface area contributed by atoms with Crippen LogP contribution in [0.4, 0.5) is 0 Å². The van der Waals surface area contributed by atoms with Crippen molar-refractivity contribution in [3.05, 3.63) is 29.3 Å². The molecule has 2 heteroatoms. The minimum atomic E-state index is -0.107. The molecule has 3 aliphatic rings. The molecule has 1 aromatic carbocycles. The van der Waals surface area contributed by atoms with E-state index in [2.05, 4.69) is 19.9 Å². The summed E-state index contributed by atoms with van der Waals surface area (Å²) in [5.74, 6) is 2.94. The number of aromatic hydroxyl groups is 1. The molecule has 4 rings (SSSR count). The van der Waals surface area contributed by atoms with Crippen molar-refractivity contribution < 1.29 is 10.2 Å². The lowest BCUT2D eigenvalue weighted by Gasteiger charge is -2.50. The van der Waals surface area contributed by atoms with Gasteiger partial charge in [-0.05, 0) is 84.5 Å². The quantitative estimate of drug-likeness (QED) is 0.814. The van der Waals surface area contributed by atoms with E-state index in [9.17, 15) is 10.2 Å². The largest absolute Gasteiger partial charge is 0.508 e. The third-order valence-corrected chi connectivity index (χ3v) is 7.35. The number of phenolic OH excluding ortho intramolecular Hbond substituents is 1. The van der Waals surface area contributed by atoms with Gasteiger partial charge >= 0.3 is 0 Å². The van der Waals surface area contributed by atoms with Crippen LogP contribution < -0.4 is 0 Å². The van der Waals surface area contributed by atoms with Crippen molar-refractivity contribution in [2.24, 2.45) is 23.2 Å². The average Bonchev–Trinajstić information content (AvgIpc) is 2.78. The molecule has 2 nitrogen and oxygen atoms in total. The van der Waals surface area contributed by atoms with Crippen molar-refractivity contribution >= 4 is 0 Å². The first-order valence-electron chi connectivity index (χ1n) is 9.04. The number of rotatable bonds is 1. The van der Waals surface area contributed by atoms with Crippen LogP contribution in [0.2, 0.25) is 0 Å². The second-order valence-electron chi connectivity index (χ2n) is 8.19. The van der Waals surface area contributed by atoms with E-state index in [0.29, 0.717) is 23.5 Å². The predicted molar refractivity (Wildman–Crippen MR) is 87.9 cm³/mol. The summed E-state index contributed by atoms with van der Waals surface area (Å²) in [5, 5.41) is 20.6.